The topological polar surface area (TPSA) is 88.7 Å². The zero-order valence-electron chi connectivity index (χ0n) is 19.8. The molecule has 0 saturated heterocycles. The maximum atomic E-state index is 12.4. The van der Waals surface area contributed by atoms with Gasteiger partial charge in [-0.2, -0.15) is 0 Å². The number of para-hydroxylation sites is 1. The zero-order chi connectivity index (χ0) is 24.4. The molecule has 7 nitrogen and oxygen atoms in total. The fourth-order valence-corrected chi connectivity index (χ4v) is 3.07. The van der Waals surface area contributed by atoms with Crippen molar-refractivity contribution in [3.8, 4) is 11.5 Å². The highest BCUT2D eigenvalue weighted by Gasteiger charge is 2.15. The van der Waals surface area contributed by atoms with Gasteiger partial charge in [-0.1, -0.05) is 30.3 Å². The van der Waals surface area contributed by atoms with Crippen molar-refractivity contribution < 1.29 is 19.1 Å². The van der Waals surface area contributed by atoms with Crippen LogP contribution >= 0.6 is 0 Å². The molecule has 0 unspecified atom stereocenters. The molecule has 3 aromatic rings. The fourth-order valence-electron chi connectivity index (χ4n) is 3.07. The van der Waals surface area contributed by atoms with E-state index in [0.717, 1.165) is 11.4 Å². The van der Waals surface area contributed by atoms with Gasteiger partial charge in [-0.05, 0) is 63.2 Å². The third kappa shape index (κ3) is 8.50. The molecule has 2 amide bonds. The summed E-state index contributed by atoms with van der Waals surface area (Å²) in [5.41, 5.74) is 1.47. The number of ether oxygens (including phenoxy) is 2. The van der Waals surface area contributed by atoms with Gasteiger partial charge in [0.2, 0.25) is 5.91 Å². The SMILES string of the molecule is CC(C)(C)NC(=O)c1cccc(NC(=O)CNc2cccc(OCCOc3ccccc3)c2)c1. The van der Waals surface area contributed by atoms with Gasteiger partial charge >= 0.3 is 0 Å². The lowest BCUT2D eigenvalue weighted by molar-refractivity contribution is -0.114. The van der Waals surface area contributed by atoms with Crippen molar-refractivity contribution in [2.24, 2.45) is 0 Å². The Morgan fingerprint density at radius 2 is 1.41 bits per heavy atom. The summed E-state index contributed by atoms with van der Waals surface area (Å²) in [7, 11) is 0. The van der Waals surface area contributed by atoms with Crippen LogP contribution in [0.5, 0.6) is 11.5 Å². The predicted octanol–water partition coefficient (Wildman–Crippen LogP) is 4.72. The summed E-state index contributed by atoms with van der Waals surface area (Å²) < 4.78 is 11.4. The van der Waals surface area contributed by atoms with Crippen LogP contribution in [0.2, 0.25) is 0 Å². The van der Waals surface area contributed by atoms with E-state index in [1.165, 1.54) is 0 Å². The van der Waals surface area contributed by atoms with Crippen LogP contribution in [0.1, 0.15) is 31.1 Å². The highest BCUT2D eigenvalue weighted by Crippen LogP contribution is 2.18. The van der Waals surface area contributed by atoms with Gasteiger partial charge < -0.3 is 25.4 Å². The van der Waals surface area contributed by atoms with Gasteiger partial charge in [0.05, 0.1) is 6.54 Å². The third-order valence-corrected chi connectivity index (χ3v) is 4.55. The standard InChI is InChI=1S/C27H31N3O4/c1-27(2,3)30-26(32)20-9-7-11-22(17-20)29-25(31)19-28-21-10-8-14-24(18-21)34-16-15-33-23-12-5-4-6-13-23/h4-14,17-18,28H,15-16,19H2,1-3H3,(H,29,31)(H,30,32). The third-order valence-electron chi connectivity index (χ3n) is 4.55. The molecular weight excluding hydrogens is 430 g/mol. The van der Waals surface area contributed by atoms with Gasteiger partial charge in [0.25, 0.3) is 5.91 Å². The van der Waals surface area contributed by atoms with Crippen molar-refractivity contribution in [2.75, 3.05) is 30.4 Å². The monoisotopic (exact) mass is 461 g/mol. The lowest BCUT2D eigenvalue weighted by Gasteiger charge is -2.20. The second kappa shape index (κ2) is 11.7. The molecule has 0 heterocycles. The van der Waals surface area contributed by atoms with Crippen molar-refractivity contribution in [1.29, 1.82) is 0 Å². The maximum Gasteiger partial charge on any atom is 0.251 e. The normalized spacial score (nSPS) is 10.8. The molecule has 0 spiro atoms. The number of benzene rings is 3. The Hall–Kier alpha value is -4.00. The first-order valence-corrected chi connectivity index (χ1v) is 11.2. The van der Waals surface area contributed by atoms with E-state index in [1.54, 1.807) is 24.3 Å². The highest BCUT2D eigenvalue weighted by atomic mass is 16.5. The molecule has 0 aliphatic heterocycles. The van der Waals surface area contributed by atoms with Crippen molar-refractivity contribution in [3.05, 3.63) is 84.4 Å². The molecule has 3 N–H and O–H groups in total. The first-order chi connectivity index (χ1) is 16.3. The number of carbonyl (C=O) groups excluding carboxylic acids is 2. The lowest BCUT2D eigenvalue weighted by atomic mass is 10.1. The van der Waals surface area contributed by atoms with E-state index in [4.69, 9.17) is 9.47 Å². The first-order valence-electron chi connectivity index (χ1n) is 11.2. The second-order valence-electron chi connectivity index (χ2n) is 8.72. The Bertz CT molecular complexity index is 1090. The van der Waals surface area contributed by atoms with Crippen molar-refractivity contribution >= 4 is 23.2 Å². The van der Waals surface area contributed by atoms with Crippen LogP contribution < -0.4 is 25.4 Å². The van der Waals surface area contributed by atoms with Crippen LogP contribution in [0.15, 0.2) is 78.9 Å². The van der Waals surface area contributed by atoms with E-state index in [-0.39, 0.29) is 23.9 Å². The fraction of sp³-hybridized carbons (Fsp3) is 0.259. The summed E-state index contributed by atoms with van der Waals surface area (Å²) in [6.45, 7) is 6.65. The van der Waals surface area contributed by atoms with E-state index in [1.807, 2.05) is 75.4 Å². The summed E-state index contributed by atoms with van der Waals surface area (Å²) >= 11 is 0. The molecule has 0 aromatic heterocycles. The summed E-state index contributed by atoms with van der Waals surface area (Å²) in [4.78, 5) is 24.8. The minimum atomic E-state index is -0.340. The molecule has 178 valence electrons. The number of hydrogen-bond acceptors (Lipinski definition) is 5. The lowest BCUT2D eigenvalue weighted by Crippen LogP contribution is -2.40. The summed E-state index contributed by atoms with van der Waals surface area (Å²) in [6, 6.07) is 23.8. The van der Waals surface area contributed by atoms with Crippen LogP contribution in [0.3, 0.4) is 0 Å². The number of carbonyl (C=O) groups is 2. The van der Waals surface area contributed by atoms with E-state index >= 15 is 0 Å². The average molecular weight is 462 g/mol. The van der Waals surface area contributed by atoms with Crippen LogP contribution in [0.25, 0.3) is 0 Å². The van der Waals surface area contributed by atoms with Gasteiger partial charge in [0, 0.05) is 28.5 Å². The number of amides is 2. The molecule has 3 aromatic carbocycles. The average Bonchev–Trinajstić information content (AvgIpc) is 2.81. The van der Waals surface area contributed by atoms with Crippen LogP contribution in [0.4, 0.5) is 11.4 Å². The van der Waals surface area contributed by atoms with Gasteiger partial charge in [0.1, 0.15) is 24.7 Å². The molecule has 0 fully saturated rings. The minimum Gasteiger partial charge on any atom is -0.490 e. The van der Waals surface area contributed by atoms with Crippen LogP contribution in [0, 0.1) is 0 Å². The smallest absolute Gasteiger partial charge is 0.251 e. The molecule has 0 bridgehead atoms. The highest BCUT2D eigenvalue weighted by molar-refractivity contribution is 5.98. The predicted molar refractivity (Wildman–Crippen MR) is 135 cm³/mol. The number of hydrogen-bond donors (Lipinski definition) is 3. The Kier molecular flexibility index (Phi) is 8.51. The Morgan fingerprint density at radius 3 is 2.15 bits per heavy atom. The summed E-state index contributed by atoms with van der Waals surface area (Å²) in [5, 5.41) is 8.81. The van der Waals surface area contributed by atoms with E-state index < -0.39 is 0 Å². The van der Waals surface area contributed by atoms with Crippen molar-refractivity contribution in [1.82, 2.24) is 5.32 Å². The summed E-state index contributed by atoms with van der Waals surface area (Å²) in [6.07, 6.45) is 0. The Labute approximate surface area is 200 Å². The zero-order valence-corrected chi connectivity index (χ0v) is 19.8. The molecule has 0 saturated carbocycles. The van der Waals surface area contributed by atoms with E-state index in [2.05, 4.69) is 16.0 Å². The van der Waals surface area contributed by atoms with Gasteiger partial charge in [-0.25, -0.2) is 0 Å². The summed E-state index contributed by atoms with van der Waals surface area (Å²) in [5.74, 6) is 1.07. The molecule has 3 rings (SSSR count). The minimum absolute atomic E-state index is 0.0684. The molecule has 0 radical (unpaired) electrons. The van der Waals surface area contributed by atoms with E-state index in [0.29, 0.717) is 30.2 Å². The molecule has 0 aliphatic rings. The Balaban J connectivity index is 1.45. The molecule has 0 aliphatic carbocycles. The first kappa shape index (κ1) is 24.6. The van der Waals surface area contributed by atoms with Gasteiger partial charge in [-0.15, -0.1) is 0 Å². The molecule has 7 heteroatoms. The largest absolute Gasteiger partial charge is 0.490 e. The number of nitrogens with one attached hydrogen (secondary N) is 3. The van der Waals surface area contributed by atoms with Crippen LogP contribution in [-0.4, -0.2) is 37.1 Å². The van der Waals surface area contributed by atoms with E-state index in [9.17, 15) is 9.59 Å². The molecule has 34 heavy (non-hydrogen) atoms. The maximum absolute atomic E-state index is 12.4. The van der Waals surface area contributed by atoms with Crippen LogP contribution in [-0.2, 0) is 4.79 Å². The second-order valence-corrected chi connectivity index (χ2v) is 8.72. The molecule has 0 atom stereocenters. The number of rotatable bonds is 10. The Morgan fingerprint density at radius 1 is 0.765 bits per heavy atom. The van der Waals surface area contributed by atoms with Crippen molar-refractivity contribution in [3.63, 3.8) is 0 Å². The van der Waals surface area contributed by atoms with Crippen molar-refractivity contribution in [2.45, 2.75) is 26.3 Å². The number of anilines is 2. The molecular formula is C27H31N3O4. The van der Waals surface area contributed by atoms with Gasteiger partial charge in [-0.3, -0.25) is 9.59 Å². The quantitative estimate of drug-likeness (QED) is 0.380. The van der Waals surface area contributed by atoms with Gasteiger partial charge in [0.15, 0.2) is 0 Å².